The molecule has 31 heavy (non-hydrogen) atoms. The number of sulfone groups is 1. The van der Waals surface area contributed by atoms with Crippen LogP contribution < -0.4 is 10.1 Å². The van der Waals surface area contributed by atoms with Crippen LogP contribution in [0.5, 0.6) is 5.75 Å². The minimum Gasteiger partial charge on any atom is -0.497 e. The first-order valence-electron chi connectivity index (χ1n) is 9.80. The molecule has 1 aliphatic heterocycles. The highest BCUT2D eigenvalue weighted by Crippen LogP contribution is 2.41. The molecule has 5 nitrogen and oxygen atoms in total. The Morgan fingerprint density at radius 2 is 1.87 bits per heavy atom. The molecule has 0 saturated heterocycles. The first kappa shape index (κ1) is 23.3. The number of alkyl halides is 3. The Bertz CT molecular complexity index is 1050. The van der Waals surface area contributed by atoms with Crippen LogP contribution in [0, 0.1) is 0 Å². The van der Waals surface area contributed by atoms with Crippen LogP contribution in [0.3, 0.4) is 0 Å². The third kappa shape index (κ3) is 5.27. The van der Waals surface area contributed by atoms with E-state index in [2.05, 4.69) is 5.32 Å². The number of halogens is 3. The zero-order valence-electron chi connectivity index (χ0n) is 17.2. The van der Waals surface area contributed by atoms with Crippen molar-refractivity contribution in [2.24, 2.45) is 0 Å². The molecular weight excluding hydrogens is 431 g/mol. The number of carbonyl (C=O) groups is 1. The minimum absolute atomic E-state index is 0.0120. The summed E-state index contributed by atoms with van der Waals surface area (Å²) in [6, 6.07) is 12.2. The minimum atomic E-state index is -4.67. The lowest BCUT2D eigenvalue weighted by molar-refractivity contribution is -0.151. The van der Waals surface area contributed by atoms with E-state index in [-0.39, 0.29) is 17.1 Å². The normalized spacial score (nSPS) is 22.9. The standard InChI is InChI=1S/C22H24F3NO4S/c1-3-16(27)12-21(13-22(23,24)25)14-31(28,29)19-11-17(30-2)9-10-18(19)20(26-21)15-7-5-4-6-8-15/h4-11,20,26H,3,12-14H2,1-2H3/t20-,21+/m0/s1. The molecule has 168 valence electrons. The van der Waals surface area contributed by atoms with Gasteiger partial charge in [-0.15, -0.1) is 0 Å². The highest BCUT2D eigenvalue weighted by molar-refractivity contribution is 7.91. The van der Waals surface area contributed by atoms with Crippen molar-refractivity contribution in [3.8, 4) is 5.75 Å². The third-order valence-electron chi connectivity index (χ3n) is 5.39. The van der Waals surface area contributed by atoms with Crippen molar-refractivity contribution < 1.29 is 31.1 Å². The molecule has 1 heterocycles. The Morgan fingerprint density at radius 1 is 1.19 bits per heavy atom. The molecule has 0 fully saturated rings. The van der Waals surface area contributed by atoms with Crippen molar-refractivity contribution in [2.75, 3.05) is 12.9 Å². The second kappa shape index (κ2) is 8.63. The molecule has 0 bridgehead atoms. The quantitative estimate of drug-likeness (QED) is 0.706. The van der Waals surface area contributed by atoms with Crippen LogP contribution in [-0.4, -0.2) is 38.8 Å². The monoisotopic (exact) mass is 455 g/mol. The van der Waals surface area contributed by atoms with Crippen molar-refractivity contribution in [1.82, 2.24) is 5.32 Å². The van der Waals surface area contributed by atoms with E-state index in [1.807, 2.05) is 0 Å². The molecule has 0 aliphatic carbocycles. The molecule has 3 rings (SSSR count). The molecule has 0 spiro atoms. The van der Waals surface area contributed by atoms with Crippen molar-refractivity contribution in [3.63, 3.8) is 0 Å². The van der Waals surface area contributed by atoms with Gasteiger partial charge in [0.2, 0.25) is 0 Å². The van der Waals surface area contributed by atoms with E-state index in [4.69, 9.17) is 4.74 Å². The van der Waals surface area contributed by atoms with Gasteiger partial charge in [-0.2, -0.15) is 13.2 Å². The number of hydrogen-bond donors (Lipinski definition) is 1. The lowest BCUT2D eigenvalue weighted by atomic mass is 9.86. The van der Waals surface area contributed by atoms with Gasteiger partial charge in [0.25, 0.3) is 0 Å². The lowest BCUT2D eigenvalue weighted by Gasteiger charge is -2.36. The smallest absolute Gasteiger partial charge is 0.390 e. The maximum absolute atomic E-state index is 13.6. The largest absolute Gasteiger partial charge is 0.497 e. The first-order chi connectivity index (χ1) is 14.5. The average Bonchev–Trinajstić information content (AvgIpc) is 2.79. The molecule has 0 aromatic heterocycles. The van der Waals surface area contributed by atoms with Gasteiger partial charge in [-0.3, -0.25) is 10.1 Å². The number of fused-ring (bicyclic) bond motifs is 1. The van der Waals surface area contributed by atoms with E-state index in [0.717, 1.165) is 0 Å². The number of Topliss-reactive ketones (excluding diaryl/α,β-unsaturated/α-hetero) is 1. The molecular formula is C22H24F3NO4S. The van der Waals surface area contributed by atoms with Crippen molar-refractivity contribution in [2.45, 2.75) is 48.8 Å². The summed E-state index contributed by atoms with van der Waals surface area (Å²) in [6.07, 6.45) is -6.65. The summed E-state index contributed by atoms with van der Waals surface area (Å²) in [6.45, 7) is 1.54. The SMILES string of the molecule is CCC(=O)C[C@@]1(CC(F)(F)F)CS(=O)(=O)c2cc(OC)ccc2[C@H](c2ccccc2)N1. The summed E-state index contributed by atoms with van der Waals surface area (Å²) in [4.78, 5) is 12.2. The van der Waals surface area contributed by atoms with Crippen molar-refractivity contribution in [1.29, 1.82) is 0 Å². The van der Waals surface area contributed by atoms with Gasteiger partial charge in [0.05, 0.1) is 30.2 Å². The highest BCUT2D eigenvalue weighted by atomic mass is 32.2. The van der Waals surface area contributed by atoms with Crippen LogP contribution >= 0.6 is 0 Å². The summed E-state index contributed by atoms with van der Waals surface area (Å²) in [5.41, 5.74) is -1.08. The van der Waals surface area contributed by atoms with Gasteiger partial charge in [0.1, 0.15) is 11.5 Å². The van der Waals surface area contributed by atoms with E-state index in [9.17, 15) is 26.4 Å². The highest BCUT2D eigenvalue weighted by Gasteiger charge is 2.50. The Morgan fingerprint density at radius 3 is 2.45 bits per heavy atom. The Balaban J connectivity index is 2.26. The van der Waals surface area contributed by atoms with E-state index >= 15 is 0 Å². The second-order valence-corrected chi connectivity index (χ2v) is 9.75. The summed E-state index contributed by atoms with van der Waals surface area (Å²) in [5.74, 6) is -1.02. The number of methoxy groups -OCH3 is 1. The number of ketones is 1. The number of rotatable bonds is 6. The van der Waals surface area contributed by atoms with Gasteiger partial charge < -0.3 is 4.74 Å². The molecule has 1 N–H and O–H groups in total. The predicted molar refractivity (Wildman–Crippen MR) is 110 cm³/mol. The topological polar surface area (TPSA) is 72.5 Å². The maximum atomic E-state index is 13.6. The van der Waals surface area contributed by atoms with Crippen LogP contribution in [0.2, 0.25) is 0 Å². The summed E-state index contributed by atoms with van der Waals surface area (Å²) in [5, 5.41) is 2.96. The van der Waals surface area contributed by atoms with Gasteiger partial charge in [-0.25, -0.2) is 8.42 Å². The van der Waals surface area contributed by atoms with E-state index in [1.54, 1.807) is 49.4 Å². The zero-order valence-corrected chi connectivity index (χ0v) is 18.0. The summed E-state index contributed by atoms with van der Waals surface area (Å²) >= 11 is 0. The number of ether oxygens (including phenoxy) is 1. The summed E-state index contributed by atoms with van der Waals surface area (Å²) in [7, 11) is -2.80. The molecule has 0 saturated carbocycles. The van der Waals surface area contributed by atoms with Crippen LogP contribution in [0.1, 0.15) is 43.4 Å². The average molecular weight is 455 g/mol. The molecule has 0 radical (unpaired) electrons. The number of nitrogens with one attached hydrogen (secondary N) is 1. The molecule has 0 amide bonds. The lowest BCUT2D eigenvalue weighted by Crippen LogP contribution is -2.54. The predicted octanol–water partition coefficient (Wildman–Crippen LogP) is 4.22. The van der Waals surface area contributed by atoms with E-state index in [0.29, 0.717) is 11.1 Å². The van der Waals surface area contributed by atoms with Gasteiger partial charge in [0.15, 0.2) is 9.84 Å². The Kier molecular flexibility index (Phi) is 6.48. The van der Waals surface area contributed by atoms with Gasteiger partial charge in [-0.1, -0.05) is 43.3 Å². The van der Waals surface area contributed by atoms with E-state index in [1.165, 1.54) is 13.2 Å². The first-order valence-corrected chi connectivity index (χ1v) is 11.5. The molecule has 1 aliphatic rings. The van der Waals surface area contributed by atoms with Crippen LogP contribution in [0.4, 0.5) is 13.2 Å². The fourth-order valence-electron chi connectivity index (χ4n) is 4.08. The second-order valence-electron chi connectivity index (χ2n) is 7.79. The molecule has 0 unspecified atom stereocenters. The van der Waals surface area contributed by atoms with Crippen molar-refractivity contribution >= 4 is 15.6 Å². The maximum Gasteiger partial charge on any atom is 0.390 e. The number of carbonyl (C=O) groups excluding carboxylic acids is 1. The fraction of sp³-hybridized carbons (Fsp3) is 0.409. The van der Waals surface area contributed by atoms with Crippen LogP contribution in [-0.2, 0) is 14.6 Å². The van der Waals surface area contributed by atoms with Crippen molar-refractivity contribution in [3.05, 3.63) is 59.7 Å². The zero-order chi connectivity index (χ0) is 22.9. The molecule has 9 heteroatoms. The van der Waals surface area contributed by atoms with Crippen LogP contribution in [0.15, 0.2) is 53.4 Å². The van der Waals surface area contributed by atoms with Gasteiger partial charge in [-0.05, 0) is 23.3 Å². The third-order valence-corrected chi connectivity index (χ3v) is 7.34. The number of benzene rings is 2. The summed E-state index contributed by atoms with van der Waals surface area (Å²) < 4.78 is 72.7. The molecule has 2 aromatic carbocycles. The fourth-order valence-corrected chi connectivity index (χ4v) is 6.09. The van der Waals surface area contributed by atoms with Crippen LogP contribution in [0.25, 0.3) is 0 Å². The van der Waals surface area contributed by atoms with Gasteiger partial charge >= 0.3 is 6.18 Å². The number of hydrogen-bond acceptors (Lipinski definition) is 5. The van der Waals surface area contributed by atoms with E-state index < -0.39 is 52.0 Å². The Hall–Kier alpha value is -2.39. The molecule has 2 aromatic rings. The molecule has 2 atom stereocenters. The van der Waals surface area contributed by atoms with Gasteiger partial charge in [0, 0.05) is 18.4 Å². The Labute approximate surface area is 179 Å².